The van der Waals surface area contributed by atoms with Gasteiger partial charge >= 0.3 is 0 Å². The first-order chi connectivity index (χ1) is 7.59. The van der Waals surface area contributed by atoms with Crippen LogP contribution in [0.5, 0.6) is 0 Å². The fraction of sp³-hybridized carbons (Fsp3) is 0.769. The van der Waals surface area contributed by atoms with Crippen molar-refractivity contribution >= 4 is 0 Å². The van der Waals surface area contributed by atoms with E-state index in [1.54, 1.807) is 0 Å². The van der Waals surface area contributed by atoms with Crippen LogP contribution in [0.15, 0.2) is 6.07 Å². The summed E-state index contributed by atoms with van der Waals surface area (Å²) in [7, 11) is 0. The molecule has 3 heteroatoms. The van der Waals surface area contributed by atoms with E-state index in [1.165, 1.54) is 18.5 Å². The van der Waals surface area contributed by atoms with Crippen molar-refractivity contribution in [1.82, 2.24) is 9.78 Å². The Kier molecular flexibility index (Phi) is 3.06. The van der Waals surface area contributed by atoms with Crippen LogP contribution in [-0.4, -0.2) is 21.5 Å². The van der Waals surface area contributed by atoms with Crippen LogP contribution in [0.4, 0.5) is 0 Å². The molecule has 1 N–H and O–H groups in total. The van der Waals surface area contributed by atoms with Crippen molar-refractivity contribution in [2.75, 3.05) is 6.61 Å². The van der Waals surface area contributed by atoms with Crippen LogP contribution in [0.25, 0.3) is 0 Å². The van der Waals surface area contributed by atoms with Crippen molar-refractivity contribution in [2.24, 2.45) is 11.3 Å². The van der Waals surface area contributed by atoms with Gasteiger partial charge in [-0.1, -0.05) is 6.92 Å². The first-order valence-electron chi connectivity index (χ1n) is 6.23. The maximum atomic E-state index is 9.60. The van der Waals surface area contributed by atoms with Crippen LogP contribution >= 0.6 is 0 Å². The summed E-state index contributed by atoms with van der Waals surface area (Å²) in [5.74, 6) is 0.706. The van der Waals surface area contributed by atoms with Crippen molar-refractivity contribution in [3.8, 4) is 0 Å². The standard InChI is InChI=1S/C13H22N2O/c1-4-15-12(7-10(2)14-15)8-13(3,9-16)11-5-6-11/h7,11,16H,4-6,8-9H2,1-3H3. The zero-order chi connectivity index (χ0) is 11.8. The predicted molar refractivity (Wildman–Crippen MR) is 64.3 cm³/mol. The van der Waals surface area contributed by atoms with Crippen LogP contribution < -0.4 is 0 Å². The van der Waals surface area contributed by atoms with Gasteiger partial charge in [-0.2, -0.15) is 5.10 Å². The van der Waals surface area contributed by atoms with Gasteiger partial charge in [0.15, 0.2) is 0 Å². The summed E-state index contributed by atoms with van der Waals surface area (Å²) in [5, 5.41) is 14.1. The van der Waals surface area contributed by atoms with Crippen LogP contribution in [0.1, 0.15) is 38.1 Å². The fourth-order valence-corrected chi connectivity index (χ4v) is 2.54. The van der Waals surface area contributed by atoms with Gasteiger partial charge in [-0.05, 0) is 50.5 Å². The Morgan fingerprint density at radius 2 is 2.25 bits per heavy atom. The second-order valence-corrected chi connectivity index (χ2v) is 5.36. The lowest BCUT2D eigenvalue weighted by Crippen LogP contribution is -2.28. The number of hydrogen-bond acceptors (Lipinski definition) is 2. The molecular weight excluding hydrogens is 200 g/mol. The molecule has 0 aromatic carbocycles. The van der Waals surface area contributed by atoms with Crippen molar-refractivity contribution in [2.45, 2.75) is 46.6 Å². The van der Waals surface area contributed by atoms with E-state index in [2.05, 4.69) is 29.7 Å². The van der Waals surface area contributed by atoms with Crippen LogP contribution in [0.2, 0.25) is 0 Å². The van der Waals surface area contributed by atoms with E-state index in [9.17, 15) is 5.11 Å². The Bertz CT molecular complexity index is 368. The minimum Gasteiger partial charge on any atom is -0.396 e. The maximum absolute atomic E-state index is 9.60. The Balaban J connectivity index is 2.17. The summed E-state index contributed by atoms with van der Waals surface area (Å²) >= 11 is 0. The summed E-state index contributed by atoms with van der Waals surface area (Å²) in [6, 6.07) is 2.15. The molecule has 0 spiro atoms. The van der Waals surface area contributed by atoms with Gasteiger partial charge in [0, 0.05) is 18.8 Å². The highest BCUT2D eigenvalue weighted by atomic mass is 16.3. The number of aliphatic hydroxyl groups excluding tert-OH is 1. The van der Waals surface area contributed by atoms with Crippen LogP contribution in [0.3, 0.4) is 0 Å². The lowest BCUT2D eigenvalue weighted by atomic mass is 9.81. The lowest BCUT2D eigenvalue weighted by Gasteiger charge is -2.27. The molecule has 1 aliphatic carbocycles. The van der Waals surface area contributed by atoms with E-state index in [4.69, 9.17) is 0 Å². The summed E-state index contributed by atoms with van der Waals surface area (Å²) in [5.41, 5.74) is 2.40. The van der Waals surface area contributed by atoms with Crippen molar-refractivity contribution in [3.63, 3.8) is 0 Å². The minimum atomic E-state index is 0.0550. The molecule has 90 valence electrons. The molecule has 0 radical (unpaired) electrons. The van der Waals surface area contributed by atoms with Crippen LogP contribution in [-0.2, 0) is 13.0 Å². The van der Waals surface area contributed by atoms with Crippen LogP contribution in [0, 0.1) is 18.3 Å². The molecule has 0 aliphatic heterocycles. The van der Waals surface area contributed by atoms with E-state index in [0.717, 1.165) is 18.7 Å². The second kappa shape index (κ2) is 4.21. The zero-order valence-electron chi connectivity index (χ0n) is 10.5. The molecule has 0 saturated heterocycles. The van der Waals surface area contributed by atoms with Crippen molar-refractivity contribution in [1.29, 1.82) is 0 Å². The summed E-state index contributed by atoms with van der Waals surface area (Å²) in [6.07, 6.45) is 3.50. The number of hydrogen-bond donors (Lipinski definition) is 1. The normalized spacial score (nSPS) is 19.8. The monoisotopic (exact) mass is 222 g/mol. The highest BCUT2D eigenvalue weighted by molar-refractivity contribution is 5.12. The van der Waals surface area contributed by atoms with E-state index < -0.39 is 0 Å². The highest BCUT2D eigenvalue weighted by Crippen LogP contribution is 2.47. The number of aliphatic hydroxyl groups is 1. The highest BCUT2D eigenvalue weighted by Gasteiger charge is 2.41. The van der Waals surface area contributed by atoms with Gasteiger partial charge in [0.25, 0.3) is 0 Å². The van der Waals surface area contributed by atoms with Gasteiger partial charge in [-0.25, -0.2) is 0 Å². The fourth-order valence-electron chi connectivity index (χ4n) is 2.54. The Hall–Kier alpha value is -0.830. The third kappa shape index (κ3) is 2.14. The second-order valence-electron chi connectivity index (χ2n) is 5.36. The average molecular weight is 222 g/mol. The topological polar surface area (TPSA) is 38.0 Å². The molecule has 1 fully saturated rings. The van der Waals surface area contributed by atoms with E-state index in [-0.39, 0.29) is 12.0 Å². The molecule has 1 heterocycles. The Labute approximate surface area is 97.5 Å². The summed E-state index contributed by atoms with van der Waals surface area (Å²) < 4.78 is 2.06. The molecule has 2 rings (SSSR count). The molecule has 0 bridgehead atoms. The van der Waals surface area contributed by atoms with Gasteiger partial charge in [0.2, 0.25) is 0 Å². The molecule has 0 amide bonds. The van der Waals surface area contributed by atoms with Gasteiger partial charge in [0.1, 0.15) is 0 Å². The first kappa shape index (κ1) is 11.6. The van der Waals surface area contributed by atoms with Gasteiger partial charge in [-0.3, -0.25) is 4.68 Å². The number of aromatic nitrogens is 2. The van der Waals surface area contributed by atoms with E-state index in [0.29, 0.717) is 5.92 Å². The smallest absolute Gasteiger partial charge is 0.0596 e. The third-order valence-electron chi connectivity index (χ3n) is 3.79. The van der Waals surface area contributed by atoms with Crippen molar-refractivity contribution in [3.05, 3.63) is 17.5 Å². The first-order valence-corrected chi connectivity index (χ1v) is 6.23. The predicted octanol–water partition coefficient (Wildman–Crippen LogP) is 2.16. The molecular formula is C13H22N2O. The van der Waals surface area contributed by atoms with E-state index >= 15 is 0 Å². The molecule has 1 aromatic rings. The zero-order valence-corrected chi connectivity index (χ0v) is 10.5. The molecule has 1 unspecified atom stereocenters. The van der Waals surface area contributed by atoms with Crippen molar-refractivity contribution < 1.29 is 5.11 Å². The number of nitrogens with zero attached hydrogens (tertiary/aromatic N) is 2. The minimum absolute atomic E-state index is 0.0550. The average Bonchev–Trinajstić information content (AvgIpc) is 3.05. The Morgan fingerprint density at radius 1 is 1.56 bits per heavy atom. The van der Waals surface area contributed by atoms with E-state index in [1.807, 2.05) is 6.92 Å². The lowest BCUT2D eigenvalue weighted by molar-refractivity contribution is 0.117. The summed E-state index contributed by atoms with van der Waals surface area (Å²) in [6.45, 7) is 7.54. The quantitative estimate of drug-likeness (QED) is 0.829. The maximum Gasteiger partial charge on any atom is 0.0596 e. The Morgan fingerprint density at radius 3 is 2.75 bits per heavy atom. The third-order valence-corrected chi connectivity index (χ3v) is 3.79. The largest absolute Gasteiger partial charge is 0.396 e. The molecule has 1 aromatic heterocycles. The molecule has 1 aliphatic rings. The molecule has 1 saturated carbocycles. The summed E-state index contributed by atoms with van der Waals surface area (Å²) in [4.78, 5) is 0. The van der Waals surface area contributed by atoms with Gasteiger partial charge in [0.05, 0.1) is 5.69 Å². The number of aryl methyl sites for hydroxylation is 2. The SMILES string of the molecule is CCn1nc(C)cc1CC(C)(CO)C1CC1. The molecule has 3 nitrogen and oxygen atoms in total. The molecule has 1 atom stereocenters. The number of rotatable bonds is 5. The van der Waals surface area contributed by atoms with Gasteiger partial charge in [-0.15, -0.1) is 0 Å². The van der Waals surface area contributed by atoms with Gasteiger partial charge < -0.3 is 5.11 Å². The molecule has 16 heavy (non-hydrogen) atoms.